The molecule has 0 aliphatic rings. The molecular weight excluding hydrogens is 283 g/mol. The van der Waals surface area contributed by atoms with E-state index < -0.39 is 9.84 Å². The SMILES string of the molecule is CS(=O)(=O)CCCC(N)c1ncc(Cl)cc1Cl. The lowest BCUT2D eigenvalue weighted by Crippen LogP contribution is -2.14. The van der Waals surface area contributed by atoms with Crippen molar-refractivity contribution in [2.45, 2.75) is 18.9 Å². The van der Waals surface area contributed by atoms with E-state index >= 15 is 0 Å². The molecule has 17 heavy (non-hydrogen) atoms. The summed E-state index contributed by atoms with van der Waals surface area (Å²) in [6.07, 6.45) is 3.67. The van der Waals surface area contributed by atoms with Crippen LogP contribution in [0.5, 0.6) is 0 Å². The molecule has 0 aliphatic carbocycles. The summed E-state index contributed by atoms with van der Waals surface area (Å²) in [7, 11) is -2.95. The van der Waals surface area contributed by atoms with E-state index in [1.807, 2.05) is 0 Å². The van der Waals surface area contributed by atoms with Gasteiger partial charge in [-0.2, -0.15) is 0 Å². The van der Waals surface area contributed by atoms with E-state index in [1.54, 1.807) is 6.07 Å². The fourth-order valence-electron chi connectivity index (χ4n) is 1.40. The average Bonchev–Trinajstić information content (AvgIpc) is 2.15. The Balaban J connectivity index is 2.61. The van der Waals surface area contributed by atoms with Crippen molar-refractivity contribution < 1.29 is 8.42 Å². The monoisotopic (exact) mass is 296 g/mol. The first-order chi connectivity index (χ1) is 7.79. The summed E-state index contributed by atoms with van der Waals surface area (Å²) in [6.45, 7) is 0. The van der Waals surface area contributed by atoms with Crippen molar-refractivity contribution >= 4 is 33.0 Å². The van der Waals surface area contributed by atoms with Gasteiger partial charge in [0.2, 0.25) is 0 Å². The molecule has 1 aromatic rings. The minimum atomic E-state index is -2.95. The van der Waals surface area contributed by atoms with Gasteiger partial charge in [0, 0.05) is 24.2 Å². The molecule has 1 aromatic heterocycles. The lowest BCUT2D eigenvalue weighted by molar-refractivity contribution is 0.584. The van der Waals surface area contributed by atoms with Crippen LogP contribution in [0.3, 0.4) is 0 Å². The van der Waals surface area contributed by atoms with Gasteiger partial charge in [0.1, 0.15) is 9.84 Å². The minimum absolute atomic E-state index is 0.117. The molecule has 0 spiro atoms. The highest BCUT2D eigenvalue weighted by atomic mass is 35.5. The Kier molecular flexibility index (Phi) is 5.19. The Morgan fingerprint density at radius 1 is 1.47 bits per heavy atom. The van der Waals surface area contributed by atoms with Gasteiger partial charge in [-0.05, 0) is 18.9 Å². The summed E-state index contributed by atoms with van der Waals surface area (Å²) in [4.78, 5) is 4.05. The van der Waals surface area contributed by atoms with Crippen molar-refractivity contribution in [1.29, 1.82) is 0 Å². The van der Waals surface area contributed by atoms with E-state index in [0.717, 1.165) is 0 Å². The Morgan fingerprint density at radius 2 is 2.12 bits per heavy atom. The van der Waals surface area contributed by atoms with Gasteiger partial charge < -0.3 is 5.73 Å². The van der Waals surface area contributed by atoms with Gasteiger partial charge in [0.25, 0.3) is 0 Å². The summed E-state index contributed by atoms with van der Waals surface area (Å²) in [5.41, 5.74) is 6.44. The second-order valence-electron chi connectivity index (χ2n) is 3.90. The number of halogens is 2. The number of nitrogens with zero attached hydrogens (tertiary/aromatic N) is 1. The molecule has 1 heterocycles. The van der Waals surface area contributed by atoms with Crippen molar-refractivity contribution in [3.05, 3.63) is 28.0 Å². The molecule has 0 saturated heterocycles. The maximum atomic E-state index is 11.0. The maximum absolute atomic E-state index is 11.0. The van der Waals surface area contributed by atoms with Crippen LogP contribution in [0.25, 0.3) is 0 Å². The first kappa shape index (κ1) is 14.7. The summed E-state index contributed by atoms with van der Waals surface area (Å²) in [5, 5.41) is 0.853. The summed E-state index contributed by atoms with van der Waals surface area (Å²) < 4.78 is 21.9. The van der Waals surface area contributed by atoms with Crippen molar-refractivity contribution in [3.8, 4) is 0 Å². The van der Waals surface area contributed by atoms with Crippen LogP contribution in [0.1, 0.15) is 24.6 Å². The summed E-state index contributed by atoms with van der Waals surface area (Å²) in [6, 6.07) is 1.20. The minimum Gasteiger partial charge on any atom is -0.323 e. The predicted octanol–water partition coefficient (Wildman–Crippen LogP) is 2.21. The molecular formula is C10H14Cl2N2O2S. The smallest absolute Gasteiger partial charge is 0.147 e. The number of hydrogen-bond acceptors (Lipinski definition) is 4. The van der Waals surface area contributed by atoms with Crippen LogP contribution in [0.4, 0.5) is 0 Å². The lowest BCUT2D eigenvalue weighted by Gasteiger charge is -2.12. The van der Waals surface area contributed by atoms with Crippen LogP contribution in [-0.4, -0.2) is 25.4 Å². The van der Waals surface area contributed by atoms with Crippen LogP contribution in [-0.2, 0) is 9.84 Å². The van der Waals surface area contributed by atoms with E-state index in [4.69, 9.17) is 28.9 Å². The molecule has 0 fully saturated rings. The Bertz CT molecular complexity index is 491. The van der Waals surface area contributed by atoms with Gasteiger partial charge >= 0.3 is 0 Å². The summed E-state index contributed by atoms with van der Waals surface area (Å²) >= 11 is 11.7. The number of sulfone groups is 1. The molecule has 2 N–H and O–H groups in total. The molecule has 0 radical (unpaired) electrons. The molecule has 0 aromatic carbocycles. The topological polar surface area (TPSA) is 73.0 Å². The highest BCUT2D eigenvalue weighted by molar-refractivity contribution is 7.90. The second kappa shape index (κ2) is 6.00. The molecule has 96 valence electrons. The molecule has 0 amide bonds. The normalized spacial score (nSPS) is 13.6. The van der Waals surface area contributed by atoms with Crippen molar-refractivity contribution in [3.63, 3.8) is 0 Å². The highest BCUT2D eigenvalue weighted by Gasteiger charge is 2.13. The number of pyridine rings is 1. The van der Waals surface area contributed by atoms with E-state index in [2.05, 4.69) is 4.98 Å². The molecule has 0 aliphatic heterocycles. The van der Waals surface area contributed by atoms with Crippen LogP contribution >= 0.6 is 23.2 Å². The quantitative estimate of drug-likeness (QED) is 0.904. The fraction of sp³-hybridized carbons (Fsp3) is 0.500. The third-order valence-corrected chi connectivity index (χ3v) is 3.76. The first-order valence-corrected chi connectivity index (χ1v) is 7.85. The van der Waals surface area contributed by atoms with Crippen molar-refractivity contribution in [1.82, 2.24) is 4.98 Å². The Labute approximate surface area is 111 Å². The zero-order chi connectivity index (χ0) is 13.1. The predicted molar refractivity (Wildman–Crippen MR) is 70.1 cm³/mol. The molecule has 0 saturated carbocycles. The molecule has 1 atom stereocenters. The van der Waals surface area contributed by atoms with Crippen LogP contribution in [0.2, 0.25) is 10.0 Å². The number of aromatic nitrogens is 1. The van der Waals surface area contributed by atoms with E-state index in [-0.39, 0.29) is 11.8 Å². The highest BCUT2D eigenvalue weighted by Crippen LogP contribution is 2.24. The zero-order valence-electron chi connectivity index (χ0n) is 9.36. The van der Waals surface area contributed by atoms with Gasteiger partial charge in [-0.15, -0.1) is 0 Å². The van der Waals surface area contributed by atoms with Crippen LogP contribution < -0.4 is 5.73 Å². The second-order valence-corrected chi connectivity index (χ2v) is 7.00. The molecule has 1 rings (SSSR count). The lowest BCUT2D eigenvalue weighted by atomic mass is 10.1. The maximum Gasteiger partial charge on any atom is 0.147 e. The third-order valence-electron chi connectivity index (χ3n) is 2.22. The Morgan fingerprint density at radius 3 is 2.65 bits per heavy atom. The van der Waals surface area contributed by atoms with Gasteiger partial charge in [0.15, 0.2) is 0 Å². The third kappa shape index (κ3) is 5.21. The fourth-order valence-corrected chi connectivity index (χ4v) is 2.61. The van der Waals surface area contributed by atoms with Gasteiger partial charge in [-0.1, -0.05) is 23.2 Å². The number of rotatable bonds is 5. The van der Waals surface area contributed by atoms with Crippen LogP contribution in [0.15, 0.2) is 12.3 Å². The first-order valence-electron chi connectivity index (χ1n) is 5.04. The Hall–Kier alpha value is -0.360. The molecule has 0 bridgehead atoms. The van der Waals surface area contributed by atoms with Crippen molar-refractivity contribution in [2.75, 3.05) is 12.0 Å². The van der Waals surface area contributed by atoms with E-state index in [0.29, 0.717) is 28.6 Å². The van der Waals surface area contributed by atoms with Crippen molar-refractivity contribution in [2.24, 2.45) is 5.73 Å². The average molecular weight is 297 g/mol. The van der Waals surface area contributed by atoms with Crippen LogP contribution in [0, 0.1) is 0 Å². The van der Waals surface area contributed by atoms with Gasteiger partial charge in [-0.3, -0.25) is 4.98 Å². The molecule has 1 unspecified atom stereocenters. The molecule has 7 heteroatoms. The summed E-state index contributed by atoms with van der Waals surface area (Å²) in [5.74, 6) is 0.117. The van der Waals surface area contributed by atoms with Gasteiger partial charge in [0.05, 0.1) is 15.7 Å². The standard InChI is InChI=1S/C10H14Cl2N2O2S/c1-17(15,16)4-2-3-9(13)10-8(12)5-7(11)6-14-10/h5-6,9H,2-4,13H2,1H3. The van der Waals surface area contributed by atoms with Gasteiger partial charge in [-0.25, -0.2) is 8.42 Å². The number of hydrogen-bond donors (Lipinski definition) is 1. The molecule has 4 nitrogen and oxygen atoms in total. The zero-order valence-corrected chi connectivity index (χ0v) is 11.7. The number of nitrogens with two attached hydrogens (primary N) is 1. The largest absolute Gasteiger partial charge is 0.323 e. The van der Waals surface area contributed by atoms with E-state index in [1.165, 1.54) is 12.5 Å². The van der Waals surface area contributed by atoms with E-state index in [9.17, 15) is 8.42 Å².